The van der Waals surface area contributed by atoms with Crippen LogP contribution in [0.5, 0.6) is 17.2 Å². The number of phenols is 1. The molecule has 0 heterocycles. The molecule has 0 unspecified atom stereocenters. The van der Waals surface area contributed by atoms with Gasteiger partial charge in [0.05, 0.1) is 22.9 Å². The number of aromatic hydroxyl groups is 1. The van der Waals surface area contributed by atoms with E-state index in [2.05, 4.69) is 20.8 Å². The summed E-state index contributed by atoms with van der Waals surface area (Å²) < 4.78 is 10.7. The van der Waals surface area contributed by atoms with Crippen LogP contribution in [0.1, 0.15) is 49.2 Å². The van der Waals surface area contributed by atoms with Crippen molar-refractivity contribution in [3.63, 3.8) is 0 Å². The highest BCUT2D eigenvalue weighted by molar-refractivity contribution is 6.45. The Labute approximate surface area is 230 Å². The fourth-order valence-electron chi connectivity index (χ4n) is 3.56. The number of anilines is 1. The molecule has 200 valence electrons. The standard InChI is InChI=1S/C28H27Cl2NO7/c1-5-37-27(36)31(15-23(33)34)20-11-13-22(25(30)24(20)29)38-18-10-12-21(32)19(14-18)26(35)16-6-8-17(9-7-16)28(2,3)4/h6-14,32H,5,15H2,1-4H3,(H,33,34). The molecule has 3 aromatic carbocycles. The minimum Gasteiger partial charge on any atom is -0.507 e. The maximum absolute atomic E-state index is 13.1. The van der Waals surface area contributed by atoms with Gasteiger partial charge in [-0.15, -0.1) is 0 Å². The second-order valence-electron chi connectivity index (χ2n) is 9.33. The lowest BCUT2D eigenvalue weighted by Gasteiger charge is -2.22. The molecule has 0 bridgehead atoms. The van der Waals surface area contributed by atoms with Gasteiger partial charge in [0.1, 0.15) is 28.8 Å². The van der Waals surface area contributed by atoms with Crippen LogP contribution in [-0.4, -0.2) is 41.2 Å². The van der Waals surface area contributed by atoms with Gasteiger partial charge in [0.25, 0.3) is 0 Å². The summed E-state index contributed by atoms with van der Waals surface area (Å²) in [7, 11) is 0. The number of carbonyl (C=O) groups excluding carboxylic acids is 2. The molecule has 0 fully saturated rings. The van der Waals surface area contributed by atoms with Crippen LogP contribution in [0.4, 0.5) is 10.5 Å². The summed E-state index contributed by atoms with van der Waals surface area (Å²) in [5.74, 6) is -1.62. The lowest BCUT2D eigenvalue weighted by Crippen LogP contribution is -2.36. The van der Waals surface area contributed by atoms with E-state index in [1.54, 1.807) is 19.1 Å². The van der Waals surface area contributed by atoms with Crippen LogP contribution in [0, 0.1) is 0 Å². The normalized spacial score (nSPS) is 11.1. The molecule has 0 saturated carbocycles. The van der Waals surface area contributed by atoms with Gasteiger partial charge in [-0.1, -0.05) is 68.2 Å². The quantitative estimate of drug-likeness (QED) is 0.284. The number of benzene rings is 3. The van der Waals surface area contributed by atoms with Crippen molar-refractivity contribution in [2.75, 3.05) is 18.1 Å². The van der Waals surface area contributed by atoms with E-state index in [1.165, 1.54) is 30.3 Å². The predicted molar refractivity (Wildman–Crippen MR) is 145 cm³/mol. The number of hydrogen-bond donors (Lipinski definition) is 2. The van der Waals surface area contributed by atoms with E-state index in [-0.39, 0.29) is 50.6 Å². The molecule has 0 saturated heterocycles. The summed E-state index contributed by atoms with van der Waals surface area (Å²) in [6.45, 7) is 7.13. The number of hydrogen-bond acceptors (Lipinski definition) is 6. The number of amides is 1. The first-order chi connectivity index (χ1) is 17.8. The number of carboxylic acids is 1. The molecular formula is C28H27Cl2NO7. The van der Waals surface area contributed by atoms with Crippen molar-refractivity contribution in [2.45, 2.75) is 33.1 Å². The second kappa shape index (κ2) is 11.8. The average molecular weight is 560 g/mol. The Morgan fingerprint density at radius 1 is 0.947 bits per heavy atom. The topological polar surface area (TPSA) is 113 Å². The summed E-state index contributed by atoms with van der Waals surface area (Å²) in [5.41, 5.74) is 1.43. The van der Waals surface area contributed by atoms with Gasteiger partial charge in [-0.25, -0.2) is 4.79 Å². The Balaban J connectivity index is 1.90. The van der Waals surface area contributed by atoms with E-state index < -0.39 is 24.4 Å². The predicted octanol–water partition coefficient (Wildman–Crippen LogP) is 7.07. The molecule has 2 N–H and O–H groups in total. The molecule has 0 aromatic heterocycles. The first-order valence-electron chi connectivity index (χ1n) is 11.6. The Kier molecular flexibility index (Phi) is 8.91. The molecule has 1 amide bonds. The lowest BCUT2D eigenvalue weighted by atomic mass is 9.86. The second-order valence-corrected chi connectivity index (χ2v) is 10.1. The maximum atomic E-state index is 13.1. The molecule has 0 aliphatic heterocycles. The maximum Gasteiger partial charge on any atom is 0.414 e. The number of ether oxygens (including phenoxy) is 2. The van der Waals surface area contributed by atoms with Crippen molar-refractivity contribution < 1.29 is 34.1 Å². The molecule has 0 spiro atoms. The van der Waals surface area contributed by atoms with Crippen molar-refractivity contribution in [2.24, 2.45) is 0 Å². The molecular weight excluding hydrogens is 533 g/mol. The number of aliphatic carboxylic acids is 1. The summed E-state index contributed by atoms with van der Waals surface area (Å²) in [6, 6.07) is 14.1. The van der Waals surface area contributed by atoms with Gasteiger partial charge in [0.2, 0.25) is 0 Å². The van der Waals surface area contributed by atoms with Crippen LogP contribution in [0.15, 0.2) is 54.6 Å². The van der Waals surface area contributed by atoms with E-state index in [1.807, 2.05) is 12.1 Å². The Morgan fingerprint density at radius 3 is 2.18 bits per heavy atom. The SMILES string of the molecule is CCOC(=O)N(CC(=O)O)c1ccc(Oc2ccc(O)c(C(=O)c3ccc(C(C)(C)C)cc3)c2)c(Cl)c1Cl. The van der Waals surface area contributed by atoms with Crippen molar-refractivity contribution in [1.29, 1.82) is 0 Å². The van der Waals surface area contributed by atoms with E-state index >= 15 is 0 Å². The van der Waals surface area contributed by atoms with Gasteiger partial charge in [-0.05, 0) is 48.2 Å². The molecule has 0 aliphatic rings. The highest BCUT2D eigenvalue weighted by atomic mass is 35.5. The third-order valence-corrected chi connectivity index (χ3v) is 6.41. The Bertz CT molecular complexity index is 1360. The van der Waals surface area contributed by atoms with Crippen molar-refractivity contribution in [3.8, 4) is 17.2 Å². The summed E-state index contributed by atoms with van der Waals surface area (Å²) in [4.78, 5) is 37.5. The van der Waals surface area contributed by atoms with Crippen molar-refractivity contribution in [3.05, 3.63) is 81.3 Å². The number of ketones is 1. The zero-order chi connectivity index (χ0) is 28.2. The Morgan fingerprint density at radius 2 is 1.61 bits per heavy atom. The zero-order valence-corrected chi connectivity index (χ0v) is 22.8. The summed E-state index contributed by atoms with van der Waals surface area (Å²) in [6.07, 6.45) is -0.904. The van der Waals surface area contributed by atoms with Crippen LogP contribution in [-0.2, 0) is 14.9 Å². The van der Waals surface area contributed by atoms with Crippen LogP contribution < -0.4 is 9.64 Å². The molecule has 10 heteroatoms. The number of phenolic OH excluding ortho intramolecular Hbond substituents is 1. The van der Waals surface area contributed by atoms with Gasteiger partial charge >= 0.3 is 12.1 Å². The zero-order valence-electron chi connectivity index (χ0n) is 21.2. The van der Waals surface area contributed by atoms with Gasteiger partial charge in [0, 0.05) is 5.56 Å². The first kappa shape index (κ1) is 28.8. The number of rotatable bonds is 8. The van der Waals surface area contributed by atoms with Crippen LogP contribution in [0.25, 0.3) is 0 Å². The van der Waals surface area contributed by atoms with Gasteiger partial charge in [-0.2, -0.15) is 0 Å². The minimum atomic E-state index is -1.28. The fourth-order valence-corrected chi connectivity index (χ4v) is 4.01. The third kappa shape index (κ3) is 6.57. The fraction of sp³-hybridized carbons (Fsp3) is 0.250. The monoisotopic (exact) mass is 559 g/mol. The van der Waals surface area contributed by atoms with Gasteiger partial charge < -0.3 is 19.7 Å². The molecule has 8 nitrogen and oxygen atoms in total. The minimum absolute atomic E-state index is 0.0187. The van der Waals surface area contributed by atoms with Gasteiger partial charge in [-0.3, -0.25) is 14.5 Å². The lowest BCUT2D eigenvalue weighted by molar-refractivity contribution is -0.135. The number of nitrogens with zero attached hydrogens (tertiary/aromatic N) is 1. The van der Waals surface area contributed by atoms with Crippen molar-refractivity contribution in [1.82, 2.24) is 0 Å². The van der Waals surface area contributed by atoms with Crippen LogP contribution in [0.2, 0.25) is 10.0 Å². The molecule has 0 atom stereocenters. The summed E-state index contributed by atoms with van der Waals surface area (Å²) in [5, 5.41) is 19.3. The molecule has 0 aliphatic carbocycles. The first-order valence-corrected chi connectivity index (χ1v) is 12.4. The van der Waals surface area contributed by atoms with E-state index in [4.69, 9.17) is 32.7 Å². The van der Waals surface area contributed by atoms with E-state index in [0.29, 0.717) is 5.56 Å². The molecule has 3 rings (SSSR count). The highest BCUT2D eigenvalue weighted by Gasteiger charge is 2.25. The highest BCUT2D eigenvalue weighted by Crippen LogP contribution is 2.41. The Hall–Kier alpha value is -3.75. The number of carbonyl (C=O) groups is 3. The number of carboxylic acid groups (broad SMARTS) is 1. The number of halogens is 2. The summed E-state index contributed by atoms with van der Waals surface area (Å²) >= 11 is 12.8. The van der Waals surface area contributed by atoms with Crippen LogP contribution >= 0.6 is 23.2 Å². The van der Waals surface area contributed by atoms with Crippen LogP contribution in [0.3, 0.4) is 0 Å². The van der Waals surface area contributed by atoms with Crippen molar-refractivity contribution >= 4 is 46.7 Å². The van der Waals surface area contributed by atoms with E-state index in [0.717, 1.165) is 10.5 Å². The smallest absolute Gasteiger partial charge is 0.414 e. The largest absolute Gasteiger partial charge is 0.507 e. The van der Waals surface area contributed by atoms with E-state index in [9.17, 15) is 24.6 Å². The van der Waals surface area contributed by atoms with Gasteiger partial charge in [0.15, 0.2) is 5.78 Å². The molecule has 0 radical (unpaired) electrons. The molecule has 3 aromatic rings. The average Bonchev–Trinajstić information content (AvgIpc) is 2.86. The third-order valence-electron chi connectivity index (χ3n) is 5.55. The molecule has 38 heavy (non-hydrogen) atoms.